The van der Waals surface area contributed by atoms with Crippen LogP contribution in [-0.4, -0.2) is 15.9 Å². The average Bonchev–Trinajstić information content (AvgIpc) is 2.74. The van der Waals surface area contributed by atoms with Crippen molar-refractivity contribution in [1.29, 1.82) is 0 Å². The molecule has 0 fully saturated rings. The fraction of sp³-hybridized carbons (Fsp3) is 0.292. The van der Waals surface area contributed by atoms with Crippen LogP contribution in [0.15, 0.2) is 54.6 Å². The number of fused-ring (bicyclic) bond motifs is 3. The molecule has 1 aliphatic carbocycles. The van der Waals surface area contributed by atoms with E-state index >= 15 is 0 Å². The molecule has 3 aromatic rings. The second kappa shape index (κ2) is 7.93. The molecular weight excluding hydrogens is 346 g/mol. The van der Waals surface area contributed by atoms with Crippen LogP contribution < -0.4 is 5.32 Å². The highest BCUT2D eigenvalue weighted by molar-refractivity contribution is 5.92. The van der Waals surface area contributed by atoms with Gasteiger partial charge >= 0.3 is 0 Å². The van der Waals surface area contributed by atoms with Crippen molar-refractivity contribution in [1.82, 2.24) is 9.97 Å². The maximum absolute atomic E-state index is 12.5. The largest absolute Gasteiger partial charge is 0.309 e. The zero-order chi connectivity index (χ0) is 19.5. The summed E-state index contributed by atoms with van der Waals surface area (Å²) in [6.45, 7) is 3.96. The number of benzene rings is 2. The van der Waals surface area contributed by atoms with E-state index in [1.54, 1.807) is 0 Å². The standard InChI is InChI=1S/C24H25N3O/c1-3-16(2)24(28)27-23-21(15-17-9-5-4-6-10-17)25-22-19-12-8-7-11-18(19)13-14-20(22)26-23/h4-12,16H,3,13-15H2,1-2H3,(H,26,27,28). The predicted molar refractivity (Wildman–Crippen MR) is 112 cm³/mol. The SMILES string of the molecule is CCC(C)C(=O)Nc1nc2c(nc1Cc1ccccc1)-c1ccccc1CC2. The van der Waals surface area contributed by atoms with E-state index in [0.717, 1.165) is 47.5 Å². The lowest BCUT2D eigenvalue weighted by Crippen LogP contribution is -2.23. The highest BCUT2D eigenvalue weighted by Gasteiger charge is 2.23. The van der Waals surface area contributed by atoms with Crippen molar-refractivity contribution in [2.24, 2.45) is 5.92 Å². The second-order valence-corrected chi connectivity index (χ2v) is 7.43. The van der Waals surface area contributed by atoms with Crippen molar-refractivity contribution in [2.45, 2.75) is 39.5 Å². The molecule has 1 aromatic heterocycles. The molecule has 0 saturated carbocycles. The smallest absolute Gasteiger partial charge is 0.228 e. The molecule has 0 radical (unpaired) electrons. The van der Waals surface area contributed by atoms with E-state index in [-0.39, 0.29) is 11.8 Å². The van der Waals surface area contributed by atoms with Gasteiger partial charge in [0.2, 0.25) is 5.91 Å². The molecule has 1 amide bonds. The number of amides is 1. The summed E-state index contributed by atoms with van der Waals surface area (Å²) < 4.78 is 0. The van der Waals surface area contributed by atoms with Gasteiger partial charge in [-0.25, -0.2) is 9.97 Å². The van der Waals surface area contributed by atoms with Crippen molar-refractivity contribution >= 4 is 11.7 Å². The number of nitrogens with one attached hydrogen (secondary N) is 1. The normalized spacial score (nSPS) is 13.4. The van der Waals surface area contributed by atoms with Gasteiger partial charge in [0.1, 0.15) is 0 Å². The van der Waals surface area contributed by atoms with Crippen LogP contribution in [0.1, 0.15) is 42.8 Å². The van der Waals surface area contributed by atoms with Gasteiger partial charge in [0.05, 0.1) is 17.1 Å². The molecule has 0 aliphatic heterocycles. The molecule has 4 heteroatoms. The van der Waals surface area contributed by atoms with Gasteiger partial charge in [-0.3, -0.25) is 4.79 Å². The van der Waals surface area contributed by atoms with Gasteiger partial charge in [-0.2, -0.15) is 0 Å². The van der Waals surface area contributed by atoms with Crippen molar-refractivity contribution in [3.63, 3.8) is 0 Å². The van der Waals surface area contributed by atoms with Gasteiger partial charge in [-0.1, -0.05) is 68.4 Å². The molecule has 0 bridgehead atoms. The first-order valence-electron chi connectivity index (χ1n) is 9.98. The number of aryl methyl sites for hydroxylation is 2. The average molecular weight is 371 g/mol. The number of hydrogen-bond donors (Lipinski definition) is 1. The summed E-state index contributed by atoms with van der Waals surface area (Å²) >= 11 is 0. The number of nitrogens with zero attached hydrogens (tertiary/aromatic N) is 2. The lowest BCUT2D eigenvalue weighted by molar-refractivity contribution is -0.119. The number of rotatable bonds is 5. The van der Waals surface area contributed by atoms with Gasteiger partial charge < -0.3 is 5.32 Å². The summed E-state index contributed by atoms with van der Waals surface area (Å²) in [6.07, 6.45) is 3.23. The summed E-state index contributed by atoms with van der Waals surface area (Å²) in [5.41, 5.74) is 6.36. The summed E-state index contributed by atoms with van der Waals surface area (Å²) in [4.78, 5) is 22.4. The van der Waals surface area contributed by atoms with Crippen LogP contribution in [0.3, 0.4) is 0 Å². The Morgan fingerprint density at radius 3 is 2.57 bits per heavy atom. The van der Waals surface area contributed by atoms with E-state index in [4.69, 9.17) is 9.97 Å². The van der Waals surface area contributed by atoms with Gasteiger partial charge in [-0.05, 0) is 30.4 Å². The Labute approximate surface area is 166 Å². The maximum atomic E-state index is 12.5. The van der Waals surface area contributed by atoms with Crippen molar-refractivity contribution in [3.05, 3.63) is 77.1 Å². The van der Waals surface area contributed by atoms with Crippen LogP contribution in [0.25, 0.3) is 11.3 Å². The Balaban J connectivity index is 1.78. The molecule has 1 heterocycles. The maximum Gasteiger partial charge on any atom is 0.228 e. The Bertz CT molecular complexity index is 998. The molecule has 0 spiro atoms. The van der Waals surface area contributed by atoms with Crippen LogP contribution in [0.2, 0.25) is 0 Å². The van der Waals surface area contributed by atoms with Crippen LogP contribution in [-0.2, 0) is 24.1 Å². The summed E-state index contributed by atoms with van der Waals surface area (Å²) in [6, 6.07) is 18.6. The van der Waals surface area contributed by atoms with E-state index < -0.39 is 0 Å². The van der Waals surface area contributed by atoms with Gasteiger partial charge in [0, 0.05) is 17.9 Å². The molecule has 1 aliphatic rings. The van der Waals surface area contributed by atoms with Crippen LogP contribution in [0, 0.1) is 5.92 Å². The van der Waals surface area contributed by atoms with E-state index in [0.29, 0.717) is 12.2 Å². The van der Waals surface area contributed by atoms with Gasteiger partial charge in [0.15, 0.2) is 5.82 Å². The topological polar surface area (TPSA) is 54.9 Å². The number of anilines is 1. The fourth-order valence-electron chi connectivity index (χ4n) is 3.56. The van der Waals surface area contributed by atoms with Gasteiger partial charge in [0.25, 0.3) is 0 Å². The Morgan fingerprint density at radius 2 is 1.79 bits per heavy atom. The molecule has 4 nitrogen and oxygen atoms in total. The summed E-state index contributed by atoms with van der Waals surface area (Å²) in [7, 11) is 0. The monoisotopic (exact) mass is 371 g/mol. The van der Waals surface area contributed by atoms with E-state index in [2.05, 4.69) is 35.6 Å². The van der Waals surface area contributed by atoms with Crippen LogP contribution in [0.5, 0.6) is 0 Å². The summed E-state index contributed by atoms with van der Waals surface area (Å²) in [5.74, 6) is 0.553. The van der Waals surface area contributed by atoms with Crippen molar-refractivity contribution in [2.75, 3.05) is 5.32 Å². The zero-order valence-electron chi connectivity index (χ0n) is 16.4. The predicted octanol–water partition coefficient (Wildman–Crippen LogP) is 4.82. The molecule has 1 unspecified atom stereocenters. The molecule has 28 heavy (non-hydrogen) atoms. The van der Waals surface area contributed by atoms with Crippen molar-refractivity contribution in [3.8, 4) is 11.3 Å². The third-order valence-corrected chi connectivity index (χ3v) is 5.46. The number of carbonyl (C=O) groups excluding carboxylic acids is 1. The molecule has 1 atom stereocenters. The molecule has 1 N–H and O–H groups in total. The fourth-order valence-corrected chi connectivity index (χ4v) is 3.56. The quantitative estimate of drug-likeness (QED) is 0.700. The molecule has 0 saturated heterocycles. The molecule has 2 aromatic carbocycles. The first-order valence-corrected chi connectivity index (χ1v) is 9.98. The number of aromatic nitrogens is 2. The van der Waals surface area contributed by atoms with Crippen LogP contribution in [0.4, 0.5) is 5.82 Å². The van der Waals surface area contributed by atoms with Crippen molar-refractivity contribution < 1.29 is 4.79 Å². The minimum atomic E-state index is -0.0527. The lowest BCUT2D eigenvalue weighted by atomic mass is 9.91. The zero-order valence-corrected chi connectivity index (χ0v) is 16.4. The first kappa shape index (κ1) is 18.4. The third kappa shape index (κ3) is 3.68. The van der Waals surface area contributed by atoms with Crippen LogP contribution >= 0.6 is 0 Å². The van der Waals surface area contributed by atoms with Gasteiger partial charge in [-0.15, -0.1) is 0 Å². The third-order valence-electron chi connectivity index (χ3n) is 5.46. The summed E-state index contributed by atoms with van der Waals surface area (Å²) in [5, 5.41) is 3.04. The van der Waals surface area contributed by atoms with E-state index in [9.17, 15) is 4.79 Å². The second-order valence-electron chi connectivity index (χ2n) is 7.43. The Morgan fingerprint density at radius 1 is 1.04 bits per heavy atom. The lowest BCUT2D eigenvalue weighted by Gasteiger charge is -2.21. The number of carbonyl (C=O) groups is 1. The minimum Gasteiger partial charge on any atom is -0.309 e. The highest BCUT2D eigenvalue weighted by Crippen LogP contribution is 2.33. The molecule has 4 rings (SSSR count). The van der Waals surface area contributed by atoms with E-state index in [1.165, 1.54) is 5.56 Å². The number of hydrogen-bond acceptors (Lipinski definition) is 3. The Hall–Kier alpha value is -3.01. The minimum absolute atomic E-state index is 0.00210. The first-order chi connectivity index (χ1) is 13.7. The molecular formula is C24H25N3O. The van der Waals surface area contributed by atoms with E-state index in [1.807, 2.05) is 38.1 Å². The Kier molecular flexibility index (Phi) is 5.20. The molecule has 142 valence electrons. The highest BCUT2D eigenvalue weighted by atomic mass is 16.1.